The van der Waals surface area contributed by atoms with Gasteiger partial charge in [-0.15, -0.1) is 0 Å². The van der Waals surface area contributed by atoms with Crippen molar-refractivity contribution in [1.82, 2.24) is 4.57 Å². The first kappa shape index (κ1) is 19.0. The normalized spacial score (nSPS) is 13.0. The van der Waals surface area contributed by atoms with E-state index >= 15 is 0 Å². The summed E-state index contributed by atoms with van der Waals surface area (Å²) >= 11 is 0. The molecule has 0 saturated carbocycles. The minimum Gasteiger partial charge on any atom is -0.492 e. The van der Waals surface area contributed by atoms with Crippen molar-refractivity contribution in [2.45, 2.75) is 13.5 Å². The molecule has 1 heterocycles. The summed E-state index contributed by atoms with van der Waals surface area (Å²) in [7, 11) is 2.97. The van der Waals surface area contributed by atoms with Gasteiger partial charge in [0.05, 0.1) is 23.2 Å². The third-order valence-corrected chi connectivity index (χ3v) is 4.68. The largest absolute Gasteiger partial charge is 0.492 e. The summed E-state index contributed by atoms with van der Waals surface area (Å²) in [6, 6.07) is 3.65. The van der Waals surface area contributed by atoms with Crippen LogP contribution in [0, 0.1) is 17.0 Å². The predicted molar refractivity (Wildman–Crippen MR) is 96.7 cm³/mol. The minimum atomic E-state index is -0.614. The van der Waals surface area contributed by atoms with Crippen LogP contribution in [0.4, 0.5) is 5.69 Å². The monoisotopic (exact) mass is 384 g/mol. The number of nitrogens with zero attached hydrogens (tertiary/aromatic N) is 2. The first-order valence-electron chi connectivity index (χ1n) is 8.19. The number of rotatable bonds is 6. The number of fused-ring (bicyclic) bond motifs is 1. The SMILES string of the molecule is COC1=CC(=O)c2c(c(COc3ccc([N+](=O)[O-])cc3C=O)c(C)n2C)C1=O. The van der Waals surface area contributed by atoms with E-state index < -0.39 is 10.7 Å². The zero-order valence-electron chi connectivity index (χ0n) is 15.3. The van der Waals surface area contributed by atoms with E-state index in [1.54, 1.807) is 18.5 Å². The number of allylic oxidation sites excluding steroid dienone is 2. The Balaban J connectivity index is 1.99. The predicted octanol–water partition coefficient (Wildman–Crippen LogP) is 2.54. The van der Waals surface area contributed by atoms with E-state index in [4.69, 9.17) is 9.47 Å². The van der Waals surface area contributed by atoms with Gasteiger partial charge in [0.15, 0.2) is 12.0 Å². The van der Waals surface area contributed by atoms with Crippen LogP contribution in [0.3, 0.4) is 0 Å². The number of nitro benzene ring substituents is 1. The fourth-order valence-electron chi connectivity index (χ4n) is 3.12. The van der Waals surface area contributed by atoms with Gasteiger partial charge >= 0.3 is 0 Å². The van der Waals surface area contributed by atoms with E-state index in [1.165, 1.54) is 19.2 Å². The molecule has 1 aliphatic rings. The second-order valence-electron chi connectivity index (χ2n) is 6.14. The zero-order valence-corrected chi connectivity index (χ0v) is 15.3. The fraction of sp³-hybridized carbons (Fsp3) is 0.211. The van der Waals surface area contributed by atoms with Crippen molar-refractivity contribution in [1.29, 1.82) is 0 Å². The molecule has 9 nitrogen and oxygen atoms in total. The van der Waals surface area contributed by atoms with Crippen molar-refractivity contribution in [2.24, 2.45) is 7.05 Å². The van der Waals surface area contributed by atoms with Crippen LogP contribution < -0.4 is 4.74 Å². The molecule has 9 heteroatoms. The van der Waals surface area contributed by atoms with Gasteiger partial charge in [0.1, 0.15) is 18.1 Å². The number of aldehydes is 1. The van der Waals surface area contributed by atoms with Gasteiger partial charge in [0.2, 0.25) is 11.6 Å². The highest BCUT2D eigenvalue weighted by atomic mass is 16.6. The number of non-ortho nitro benzene ring substituents is 1. The average Bonchev–Trinajstić information content (AvgIpc) is 2.94. The smallest absolute Gasteiger partial charge is 0.270 e. The molecular formula is C19H16N2O7. The summed E-state index contributed by atoms with van der Waals surface area (Å²) in [5.41, 5.74) is 1.33. The molecule has 0 atom stereocenters. The molecule has 28 heavy (non-hydrogen) atoms. The first-order valence-corrected chi connectivity index (χ1v) is 8.19. The molecule has 0 N–H and O–H groups in total. The van der Waals surface area contributed by atoms with Gasteiger partial charge < -0.3 is 14.0 Å². The van der Waals surface area contributed by atoms with Crippen molar-refractivity contribution < 1.29 is 28.8 Å². The summed E-state index contributed by atoms with van der Waals surface area (Å²) in [6.07, 6.45) is 1.60. The molecule has 3 rings (SSSR count). The van der Waals surface area contributed by atoms with E-state index in [2.05, 4.69) is 0 Å². The standard InChI is InChI=1S/C19H16N2O7/c1-10-13(9-28-15-5-4-12(21(25)26)6-11(15)8-22)17-18(20(10)2)14(23)7-16(27-3)19(17)24/h4-8H,9H2,1-3H3. The maximum Gasteiger partial charge on any atom is 0.270 e. The highest BCUT2D eigenvalue weighted by Crippen LogP contribution is 2.31. The molecule has 2 aromatic rings. The van der Waals surface area contributed by atoms with Crippen LogP contribution in [0.5, 0.6) is 5.75 Å². The number of methoxy groups -OCH3 is 1. The van der Waals surface area contributed by atoms with Crippen molar-refractivity contribution in [3.05, 3.63) is 68.2 Å². The van der Waals surface area contributed by atoms with Crippen LogP contribution in [0.15, 0.2) is 30.0 Å². The van der Waals surface area contributed by atoms with Crippen LogP contribution in [0.1, 0.15) is 42.5 Å². The van der Waals surface area contributed by atoms with Gasteiger partial charge in [0, 0.05) is 36.5 Å². The number of hydrogen-bond acceptors (Lipinski definition) is 7. The molecule has 0 spiro atoms. The van der Waals surface area contributed by atoms with Gasteiger partial charge in [0.25, 0.3) is 5.69 Å². The van der Waals surface area contributed by atoms with Gasteiger partial charge in [-0.2, -0.15) is 0 Å². The van der Waals surface area contributed by atoms with Gasteiger partial charge in [-0.05, 0) is 13.0 Å². The Morgan fingerprint density at radius 1 is 1.29 bits per heavy atom. The maximum absolute atomic E-state index is 12.7. The van der Waals surface area contributed by atoms with E-state index in [9.17, 15) is 24.5 Å². The van der Waals surface area contributed by atoms with Crippen LogP contribution in [0.2, 0.25) is 0 Å². The zero-order chi connectivity index (χ0) is 20.6. The quantitative estimate of drug-likeness (QED) is 0.427. The van der Waals surface area contributed by atoms with E-state index in [0.717, 1.165) is 12.1 Å². The van der Waals surface area contributed by atoms with Crippen LogP contribution in [-0.2, 0) is 18.4 Å². The van der Waals surface area contributed by atoms with Crippen LogP contribution >= 0.6 is 0 Å². The van der Waals surface area contributed by atoms with Crippen LogP contribution in [0.25, 0.3) is 0 Å². The fourth-order valence-corrected chi connectivity index (χ4v) is 3.12. The van der Waals surface area contributed by atoms with Crippen molar-refractivity contribution in [2.75, 3.05) is 7.11 Å². The average molecular weight is 384 g/mol. The lowest BCUT2D eigenvalue weighted by molar-refractivity contribution is -0.384. The number of hydrogen-bond donors (Lipinski definition) is 0. The summed E-state index contributed by atoms with van der Waals surface area (Å²) in [6.45, 7) is 1.63. The lowest BCUT2D eigenvalue weighted by Crippen LogP contribution is -2.20. The van der Waals surface area contributed by atoms with E-state index in [1.807, 2.05) is 0 Å². The Labute approximate surface area is 159 Å². The van der Waals surface area contributed by atoms with Gasteiger partial charge in [-0.3, -0.25) is 24.5 Å². The van der Waals surface area contributed by atoms with Crippen molar-refractivity contribution in [3.63, 3.8) is 0 Å². The number of carbonyl (C=O) groups excluding carboxylic acids is 3. The summed E-state index contributed by atoms with van der Waals surface area (Å²) in [5.74, 6) is -0.714. The summed E-state index contributed by atoms with van der Waals surface area (Å²) in [5, 5.41) is 10.9. The lowest BCUT2D eigenvalue weighted by Gasteiger charge is -2.14. The molecule has 0 saturated heterocycles. The maximum atomic E-state index is 12.7. The Hall–Kier alpha value is -3.75. The molecule has 0 amide bonds. The highest BCUT2D eigenvalue weighted by molar-refractivity contribution is 6.24. The molecule has 1 aromatic heterocycles. The number of nitro groups is 1. The third-order valence-electron chi connectivity index (χ3n) is 4.68. The lowest BCUT2D eigenvalue weighted by atomic mass is 9.96. The van der Waals surface area contributed by atoms with Crippen LogP contribution in [-0.4, -0.2) is 34.5 Å². The van der Waals surface area contributed by atoms with Gasteiger partial charge in [-0.25, -0.2) is 0 Å². The van der Waals surface area contributed by atoms with E-state index in [-0.39, 0.29) is 46.4 Å². The highest BCUT2D eigenvalue weighted by Gasteiger charge is 2.34. The first-order chi connectivity index (χ1) is 13.3. The van der Waals surface area contributed by atoms with Crippen molar-refractivity contribution in [3.8, 4) is 5.75 Å². The molecule has 0 bridgehead atoms. The number of carbonyl (C=O) groups is 3. The topological polar surface area (TPSA) is 118 Å². The molecule has 0 unspecified atom stereocenters. The molecule has 0 fully saturated rings. The summed E-state index contributed by atoms with van der Waals surface area (Å²) < 4.78 is 12.3. The van der Waals surface area contributed by atoms with Crippen molar-refractivity contribution >= 4 is 23.5 Å². The minimum absolute atomic E-state index is 0.0107. The van der Waals surface area contributed by atoms with Gasteiger partial charge in [-0.1, -0.05) is 0 Å². The number of ketones is 2. The number of Topliss-reactive ketones (excluding diaryl/α,β-unsaturated/α-hetero) is 1. The Morgan fingerprint density at radius 2 is 2.00 bits per heavy atom. The summed E-state index contributed by atoms with van der Waals surface area (Å²) in [4.78, 5) is 46.6. The molecule has 0 aliphatic heterocycles. The number of ether oxygens (including phenoxy) is 2. The molecule has 1 aromatic carbocycles. The molecule has 1 aliphatic carbocycles. The molecular weight excluding hydrogens is 368 g/mol. The molecule has 0 radical (unpaired) electrons. The second kappa shape index (κ2) is 7.10. The Morgan fingerprint density at radius 3 is 2.61 bits per heavy atom. The third kappa shape index (κ3) is 2.96. The Kier molecular flexibility index (Phi) is 4.83. The van der Waals surface area contributed by atoms with E-state index in [0.29, 0.717) is 17.5 Å². The second-order valence-corrected chi connectivity index (χ2v) is 6.14. The number of aromatic nitrogens is 1. The number of benzene rings is 1. The molecule has 144 valence electrons. The Bertz CT molecular complexity index is 1060.